The number of thioether (sulfide) groups is 1. The topological polar surface area (TPSA) is 40.6 Å². The number of hydrogen-bond acceptors (Lipinski definition) is 5. The summed E-state index contributed by atoms with van der Waals surface area (Å²) in [5, 5.41) is 0.718. The van der Waals surface area contributed by atoms with E-state index in [4.69, 9.17) is 25.8 Å². The third kappa shape index (κ3) is 3.66. The molecule has 0 N–H and O–H groups in total. The smallest absolute Gasteiger partial charge is 0.417 e. The minimum Gasteiger partial charge on any atom is -0.497 e. The average Bonchev–Trinajstić information content (AvgIpc) is 3.11. The highest BCUT2D eigenvalue weighted by molar-refractivity contribution is 7.98. The maximum Gasteiger partial charge on any atom is 0.417 e. The van der Waals surface area contributed by atoms with Crippen molar-refractivity contribution in [3.8, 4) is 17.2 Å². The van der Waals surface area contributed by atoms with Crippen molar-refractivity contribution >= 4 is 34.3 Å². The molecular formula is C19H13ClF3NO3S. The van der Waals surface area contributed by atoms with Crippen molar-refractivity contribution in [1.82, 2.24) is 4.98 Å². The largest absolute Gasteiger partial charge is 0.497 e. The second-order valence-corrected chi connectivity index (χ2v) is 7.38. The van der Waals surface area contributed by atoms with Gasteiger partial charge in [0, 0.05) is 28.3 Å². The summed E-state index contributed by atoms with van der Waals surface area (Å²) in [5.41, 5.74) is 0.199. The van der Waals surface area contributed by atoms with Crippen LogP contribution >= 0.6 is 23.4 Å². The highest BCUT2D eigenvalue weighted by Crippen LogP contribution is 2.41. The molecular weight excluding hydrogens is 415 g/mol. The van der Waals surface area contributed by atoms with Gasteiger partial charge in [0.1, 0.15) is 5.75 Å². The Bertz CT molecular complexity index is 1060. The molecule has 0 amide bonds. The molecule has 3 aromatic rings. The summed E-state index contributed by atoms with van der Waals surface area (Å²) in [6, 6.07) is 8.76. The summed E-state index contributed by atoms with van der Waals surface area (Å²) in [5.74, 6) is 1.88. The normalized spacial score (nSPS) is 13.2. The molecule has 1 aromatic heterocycles. The van der Waals surface area contributed by atoms with E-state index in [-0.39, 0.29) is 22.7 Å². The Labute approximate surface area is 167 Å². The number of nitrogens with zero attached hydrogens (tertiary/aromatic N) is 1. The van der Waals surface area contributed by atoms with Crippen LogP contribution in [0.3, 0.4) is 0 Å². The third-order valence-corrected chi connectivity index (χ3v) is 5.53. The first-order valence-electron chi connectivity index (χ1n) is 8.12. The Morgan fingerprint density at radius 1 is 1.14 bits per heavy atom. The standard InChI is InChI=1S/C19H13ClF3NO3S/c1-25-11-2-3-12-13(19(21,22)23)6-18(24-15(12)5-11)28-8-10-4-16-17(7-14(10)20)27-9-26-16/h2-7H,8-9H2,1H3. The zero-order chi connectivity index (χ0) is 19.9. The molecule has 146 valence electrons. The fraction of sp³-hybridized carbons (Fsp3) is 0.211. The monoisotopic (exact) mass is 427 g/mol. The van der Waals surface area contributed by atoms with Crippen LogP contribution in [0.1, 0.15) is 11.1 Å². The Balaban J connectivity index is 1.69. The van der Waals surface area contributed by atoms with Crippen molar-refractivity contribution in [2.24, 2.45) is 0 Å². The minimum atomic E-state index is -4.50. The van der Waals surface area contributed by atoms with Crippen molar-refractivity contribution in [2.45, 2.75) is 17.0 Å². The van der Waals surface area contributed by atoms with Gasteiger partial charge in [0.05, 0.1) is 23.2 Å². The predicted molar refractivity (Wildman–Crippen MR) is 100 cm³/mol. The zero-order valence-corrected chi connectivity index (χ0v) is 16.0. The van der Waals surface area contributed by atoms with Crippen LogP contribution < -0.4 is 14.2 Å². The van der Waals surface area contributed by atoms with Gasteiger partial charge in [-0.15, -0.1) is 11.8 Å². The quantitative estimate of drug-likeness (QED) is 0.482. The van der Waals surface area contributed by atoms with Crippen molar-refractivity contribution in [1.29, 1.82) is 0 Å². The molecule has 0 saturated heterocycles. The fourth-order valence-electron chi connectivity index (χ4n) is 2.84. The van der Waals surface area contributed by atoms with Gasteiger partial charge < -0.3 is 14.2 Å². The number of aromatic nitrogens is 1. The number of methoxy groups -OCH3 is 1. The van der Waals surface area contributed by atoms with Gasteiger partial charge in [0.2, 0.25) is 6.79 Å². The van der Waals surface area contributed by atoms with Gasteiger partial charge in [-0.1, -0.05) is 11.6 Å². The summed E-state index contributed by atoms with van der Waals surface area (Å²) in [4.78, 5) is 4.36. The van der Waals surface area contributed by atoms with Gasteiger partial charge in [-0.05, 0) is 29.8 Å². The lowest BCUT2D eigenvalue weighted by atomic mass is 10.1. The number of ether oxygens (including phenoxy) is 3. The molecule has 0 fully saturated rings. The Kier molecular flexibility index (Phi) is 4.93. The first-order chi connectivity index (χ1) is 13.3. The summed E-state index contributed by atoms with van der Waals surface area (Å²) in [6.45, 7) is 0.116. The molecule has 0 aliphatic carbocycles. The van der Waals surface area contributed by atoms with Crippen LogP contribution in [0, 0.1) is 0 Å². The van der Waals surface area contributed by atoms with Crippen LogP contribution in [0.5, 0.6) is 17.2 Å². The second kappa shape index (κ2) is 7.25. The molecule has 2 heterocycles. The number of fused-ring (bicyclic) bond motifs is 2. The number of pyridine rings is 1. The lowest BCUT2D eigenvalue weighted by Crippen LogP contribution is -2.07. The van der Waals surface area contributed by atoms with E-state index in [1.54, 1.807) is 12.1 Å². The van der Waals surface area contributed by atoms with Crippen LogP contribution in [0.4, 0.5) is 13.2 Å². The van der Waals surface area contributed by atoms with E-state index in [9.17, 15) is 13.2 Å². The first-order valence-corrected chi connectivity index (χ1v) is 9.48. The van der Waals surface area contributed by atoms with Gasteiger partial charge >= 0.3 is 6.18 Å². The molecule has 1 aliphatic heterocycles. The van der Waals surface area contributed by atoms with E-state index in [2.05, 4.69) is 4.98 Å². The van der Waals surface area contributed by atoms with Crippen LogP contribution in [-0.4, -0.2) is 18.9 Å². The van der Waals surface area contributed by atoms with Crippen LogP contribution in [0.2, 0.25) is 5.02 Å². The average molecular weight is 428 g/mol. The Hall–Kier alpha value is -2.32. The van der Waals surface area contributed by atoms with E-state index in [0.29, 0.717) is 28.0 Å². The van der Waals surface area contributed by atoms with E-state index in [1.165, 1.54) is 25.3 Å². The molecule has 4 nitrogen and oxygen atoms in total. The molecule has 1 aliphatic rings. The van der Waals surface area contributed by atoms with Gasteiger partial charge in [0.25, 0.3) is 0 Å². The lowest BCUT2D eigenvalue weighted by molar-refractivity contribution is -0.136. The Morgan fingerprint density at radius 2 is 1.89 bits per heavy atom. The molecule has 0 bridgehead atoms. The number of rotatable bonds is 4. The van der Waals surface area contributed by atoms with Crippen LogP contribution in [-0.2, 0) is 11.9 Å². The third-order valence-electron chi connectivity index (χ3n) is 4.22. The molecule has 0 saturated carbocycles. The highest BCUT2D eigenvalue weighted by atomic mass is 35.5. The van der Waals surface area contributed by atoms with Crippen molar-refractivity contribution in [2.75, 3.05) is 13.9 Å². The van der Waals surface area contributed by atoms with E-state index >= 15 is 0 Å². The number of alkyl halides is 3. The fourth-order valence-corrected chi connectivity index (χ4v) is 4.05. The second-order valence-electron chi connectivity index (χ2n) is 5.97. The number of benzene rings is 2. The predicted octanol–water partition coefficient (Wildman–Crippen LogP) is 5.94. The highest BCUT2D eigenvalue weighted by Gasteiger charge is 2.33. The van der Waals surface area contributed by atoms with Gasteiger partial charge in [-0.25, -0.2) is 4.98 Å². The summed E-state index contributed by atoms with van der Waals surface area (Å²) in [6.07, 6.45) is -4.50. The molecule has 2 aromatic carbocycles. The molecule has 9 heteroatoms. The zero-order valence-electron chi connectivity index (χ0n) is 14.5. The molecule has 28 heavy (non-hydrogen) atoms. The van der Waals surface area contributed by atoms with Gasteiger partial charge in [0.15, 0.2) is 11.5 Å². The molecule has 4 rings (SSSR count). The van der Waals surface area contributed by atoms with Gasteiger partial charge in [-0.2, -0.15) is 13.2 Å². The van der Waals surface area contributed by atoms with Crippen molar-refractivity contribution in [3.63, 3.8) is 0 Å². The Morgan fingerprint density at radius 3 is 2.61 bits per heavy atom. The molecule has 0 spiro atoms. The number of hydrogen-bond donors (Lipinski definition) is 0. The van der Waals surface area contributed by atoms with E-state index < -0.39 is 11.7 Å². The molecule has 0 unspecified atom stereocenters. The summed E-state index contributed by atoms with van der Waals surface area (Å²) < 4.78 is 56.3. The maximum absolute atomic E-state index is 13.5. The van der Waals surface area contributed by atoms with Gasteiger partial charge in [-0.3, -0.25) is 0 Å². The number of halogens is 4. The first kappa shape index (κ1) is 19.0. The molecule has 0 atom stereocenters. The summed E-state index contributed by atoms with van der Waals surface area (Å²) in [7, 11) is 1.45. The van der Waals surface area contributed by atoms with Crippen LogP contribution in [0.15, 0.2) is 41.4 Å². The van der Waals surface area contributed by atoms with Crippen LogP contribution in [0.25, 0.3) is 10.9 Å². The lowest BCUT2D eigenvalue weighted by Gasteiger charge is -2.13. The summed E-state index contributed by atoms with van der Waals surface area (Å²) >= 11 is 7.41. The SMILES string of the molecule is COc1ccc2c(C(F)(F)F)cc(SCc3cc4c(cc3Cl)OCO4)nc2c1. The van der Waals surface area contributed by atoms with E-state index in [0.717, 1.165) is 23.4 Å². The minimum absolute atomic E-state index is 0.0266. The van der Waals surface area contributed by atoms with Crippen molar-refractivity contribution < 1.29 is 27.4 Å². The van der Waals surface area contributed by atoms with Crippen molar-refractivity contribution in [3.05, 3.63) is 52.5 Å². The molecule has 0 radical (unpaired) electrons. The maximum atomic E-state index is 13.5. The van der Waals surface area contributed by atoms with E-state index in [1.807, 2.05) is 0 Å².